The fourth-order valence-electron chi connectivity index (χ4n) is 4.28. The van der Waals surface area contributed by atoms with Crippen molar-refractivity contribution in [3.05, 3.63) is 60.2 Å². The van der Waals surface area contributed by atoms with Crippen LogP contribution >= 0.6 is 0 Å². The number of piperazine rings is 1. The second-order valence-corrected chi connectivity index (χ2v) is 7.43. The highest BCUT2D eigenvalue weighted by atomic mass is 16.5. The Labute approximate surface area is 171 Å². The summed E-state index contributed by atoms with van der Waals surface area (Å²) in [5.41, 5.74) is 1.78. The smallest absolute Gasteiger partial charge is 0.228 e. The molecule has 29 heavy (non-hydrogen) atoms. The van der Waals surface area contributed by atoms with Crippen molar-refractivity contribution in [3.63, 3.8) is 0 Å². The Balaban J connectivity index is 1.69. The monoisotopic (exact) mass is 393 g/mol. The molecular weight excluding hydrogens is 366 g/mol. The molecule has 2 saturated heterocycles. The standard InChI is InChI=1S/C23H27N3O3/c1-2-29-19-10-8-17(9-11-19)22-20(23(28)25-14-12-24-13-15-25)16-21(27)26(22)18-6-4-3-5-7-18/h3-11,20,22,24H,2,12-16H2,1H3/t20-,22+/m0/s1. The minimum Gasteiger partial charge on any atom is -0.494 e. The van der Waals surface area contributed by atoms with Crippen molar-refractivity contribution < 1.29 is 14.3 Å². The molecule has 2 aromatic rings. The molecule has 0 saturated carbocycles. The lowest BCUT2D eigenvalue weighted by Gasteiger charge is -2.33. The first kappa shape index (κ1) is 19.5. The van der Waals surface area contributed by atoms with Gasteiger partial charge in [0.15, 0.2) is 0 Å². The fourth-order valence-corrected chi connectivity index (χ4v) is 4.28. The summed E-state index contributed by atoms with van der Waals surface area (Å²) in [5.74, 6) is 0.455. The second-order valence-electron chi connectivity index (χ2n) is 7.43. The Morgan fingerprint density at radius 3 is 2.41 bits per heavy atom. The molecule has 2 heterocycles. The summed E-state index contributed by atoms with van der Waals surface area (Å²) in [6.45, 7) is 5.51. The number of ether oxygens (including phenoxy) is 1. The highest BCUT2D eigenvalue weighted by Crippen LogP contribution is 2.42. The van der Waals surface area contributed by atoms with Gasteiger partial charge in [-0.05, 0) is 36.8 Å². The maximum Gasteiger partial charge on any atom is 0.228 e. The van der Waals surface area contributed by atoms with Crippen LogP contribution in [0, 0.1) is 5.92 Å². The van der Waals surface area contributed by atoms with Gasteiger partial charge in [0.1, 0.15) is 5.75 Å². The average molecular weight is 393 g/mol. The van der Waals surface area contributed by atoms with E-state index in [1.54, 1.807) is 4.90 Å². The van der Waals surface area contributed by atoms with E-state index >= 15 is 0 Å². The number of hydrogen-bond acceptors (Lipinski definition) is 4. The topological polar surface area (TPSA) is 61.9 Å². The van der Waals surface area contributed by atoms with E-state index in [1.807, 2.05) is 66.4 Å². The number of benzene rings is 2. The van der Waals surface area contributed by atoms with Gasteiger partial charge < -0.3 is 19.9 Å². The normalized spacial score (nSPS) is 22.0. The van der Waals surface area contributed by atoms with Gasteiger partial charge in [0.2, 0.25) is 11.8 Å². The van der Waals surface area contributed by atoms with Crippen LogP contribution in [0.1, 0.15) is 24.9 Å². The highest BCUT2D eigenvalue weighted by Gasteiger charge is 2.46. The van der Waals surface area contributed by atoms with Gasteiger partial charge in [-0.2, -0.15) is 0 Å². The lowest BCUT2D eigenvalue weighted by molar-refractivity contribution is -0.137. The Kier molecular flexibility index (Phi) is 5.81. The van der Waals surface area contributed by atoms with Crippen molar-refractivity contribution >= 4 is 17.5 Å². The summed E-state index contributed by atoms with van der Waals surface area (Å²) in [7, 11) is 0. The first-order valence-corrected chi connectivity index (χ1v) is 10.3. The SMILES string of the molecule is CCOc1ccc([C@@H]2[C@@H](C(=O)N3CCNCC3)CC(=O)N2c2ccccc2)cc1. The number of anilines is 1. The van der Waals surface area contributed by atoms with Gasteiger partial charge in [-0.3, -0.25) is 9.59 Å². The molecule has 0 radical (unpaired) electrons. The Hall–Kier alpha value is -2.86. The molecule has 0 unspecified atom stereocenters. The maximum absolute atomic E-state index is 13.4. The van der Waals surface area contributed by atoms with Crippen molar-refractivity contribution in [1.82, 2.24) is 10.2 Å². The molecule has 0 spiro atoms. The zero-order valence-electron chi connectivity index (χ0n) is 16.7. The minimum absolute atomic E-state index is 0.0106. The molecule has 2 aliphatic rings. The first-order chi connectivity index (χ1) is 14.2. The first-order valence-electron chi connectivity index (χ1n) is 10.3. The summed E-state index contributed by atoms with van der Waals surface area (Å²) < 4.78 is 5.56. The third-order valence-corrected chi connectivity index (χ3v) is 5.64. The Morgan fingerprint density at radius 1 is 1.07 bits per heavy atom. The van der Waals surface area contributed by atoms with Gasteiger partial charge in [-0.1, -0.05) is 30.3 Å². The number of hydrogen-bond donors (Lipinski definition) is 1. The predicted octanol–water partition coefficient (Wildman–Crippen LogP) is 2.61. The maximum atomic E-state index is 13.4. The summed E-state index contributed by atoms with van der Waals surface area (Å²) >= 11 is 0. The third-order valence-electron chi connectivity index (χ3n) is 5.64. The van der Waals surface area contributed by atoms with Crippen LogP contribution < -0.4 is 15.0 Å². The van der Waals surface area contributed by atoms with E-state index in [0.717, 1.165) is 30.1 Å². The summed E-state index contributed by atoms with van der Waals surface area (Å²) in [6.07, 6.45) is 0.232. The molecule has 4 rings (SSSR count). The van der Waals surface area contributed by atoms with Crippen LogP contribution in [0.4, 0.5) is 5.69 Å². The predicted molar refractivity (Wildman–Crippen MR) is 112 cm³/mol. The van der Waals surface area contributed by atoms with Crippen LogP contribution in [0.3, 0.4) is 0 Å². The minimum atomic E-state index is -0.390. The van der Waals surface area contributed by atoms with Crippen molar-refractivity contribution in [3.8, 4) is 5.75 Å². The molecule has 2 fully saturated rings. The third kappa shape index (κ3) is 3.98. The van der Waals surface area contributed by atoms with E-state index in [4.69, 9.17) is 4.74 Å². The van der Waals surface area contributed by atoms with Gasteiger partial charge in [0, 0.05) is 38.3 Å². The number of nitrogens with one attached hydrogen (secondary N) is 1. The molecule has 2 atom stereocenters. The quantitative estimate of drug-likeness (QED) is 0.848. The van der Waals surface area contributed by atoms with E-state index in [9.17, 15) is 9.59 Å². The molecule has 2 aromatic carbocycles. The molecule has 0 aromatic heterocycles. The van der Waals surface area contributed by atoms with E-state index < -0.39 is 5.92 Å². The van der Waals surface area contributed by atoms with Gasteiger partial charge in [-0.25, -0.2) is 0 Å². The number of nitrogens with zero attached hydrogens (tertiary/aromatic N) is 2. The van der Waals surface area contributed by atoms with Gasteiger partial charge >= 0.3 is 0 Å². The van der Waals surface area contributed by atoms with Crippen molar-refractivity contribution in [2.45, 2.75) is 19.4 Å². The molecule has 152 valence electrons. The summed E-state index contributed by atoms with van der Waals surface area (Å²) in [6, 6.07) is 17.1. The lowest BCUT2D eigenvalue weighted by Crippen LogP contribution is -2.49. The highest BCUT2D eigenvalue weighted by molar-refractivity contribution is 6.01. The Morgan fingerprint density at radius 2 is 1.76 bits per heavy atom. The number of rotatable bonds is 5. The van der Waals surface area contributed by atoms with Gasteiger partial charge in [0.25, 0.3) is 0 Å². The van der Waals surface area contributed by atoms with E-state index in [2.05, 4.69) is 5.32 Å². The van der Waals surface area contributed by atoms with E-state index in [-0.39, 0.29) is 24.3 Å². The molecule has 2 aliphatic heterocycles. The molecular formula is C23H27N3O3. The van der Waals surface area contributed by atoms with Gasteiger partial charge in [-0.15, -0.1) is 0 Å². The largest absolute Gasteiger partial charge is 0.494 e. The van der Waals surface area contributed by atoms with Crippen LogP contribution in [0.15, 0.2) is 54.6 Å². The van der Waals surface area contributed by atoms with Gasteiger partial charge in [0.05, 0.1) is 18.6 Å². The van der Waals surface area contributed by atoms with Crippen LogP contribution in [-0.2, 0) is 9.59 Å². The van der Waals surface area contributed by atoms with Crippen LogP contribution in [0.25, 0.3) is 0 Å². The zero-order valence-corrected chi connectivity index (χ0v) is 16.7. The van der Waals surface area contributed by atoms with Crippen molar-refractivity contribution in [2.75, 3.05) is 37.7 Å². The number of carbonyl (C=O) groups is 2. The molecule has 2 amide bonds. The zero-order chi connectivity index (χ0) is 20.2. The fraction of sp³-hybridized carbons (Fsp3) is 0.391. The molecule has 1 N–H and O–H groups in total. The second kappa shape index (κ2) is 8.66. The van der Waals surface area contributed by atoms with Crippen LogP contribution in [0.5, 0.6) is 5.75 Å². The summed E-state index contributed by atoms with van der Waals surface area (Å²) in [4.78, 5) is 30.1. The number of amides is 2. The molecule has 6 nitrogen and oxygen atoms in total. The molecule has 0 aliphatic carbocycles. The lowest BCUT2D eigenvalue weighted by atomic mass is 9.91. The number of carbonyl (C=O) groups excluding carboxylic acids is 2. The Bertz CT molecular complexity index is 847. The molecule has 0 bridgehead atoms. The van der Waals surface area contributed by atoms with Crippen molar-refractivity contribution in [2.24, 2.45) is 5.92 Å². The van der Waals surface area contributed by atoms with E-state index in [1.165, 1.54) is 0 Å². The van der Waals surface area contributed by atoms with Crippen LogP contribution in [0.2, 0.25) is 0 Å². The average Bonchev–Trinajstić information content (AvgIpc) is 3.12. The van der Waals surface area contributed by atoms with Crippen molar-refractivity contribution in [1.29, 1.82) is 0 Å². The van der Waals surface area contributed by atoms with E-state index in [0.29, 0.717) is 19.7 Å². The van der Waals surface area contributed by atoms with Crippen LogP contribution in [-0.4, -0.2) is 49.5 Å². The summed E-state index contributed by atoms with van der Waals surface area (Å²) in [5, 5.41) is 3.28. The number of para-hydroxylation sites is 1. The molecule has 6 heteroatoms.